The van der Waals surface area contributed by atoms with Crippen LogP contribution in [0.5, 0.6) is 5.75 Å². The van der Waals surface area contributed by atoms with Crippen LogP contribution in [0.1, 0.15) is 37.7 Å². The number of carbonyl (C=O) groups is 1. The van der Waals surface area contributed by atoms with E-state index in [4.69, 9.17) is 21.4 Å². The summed E-state index contributed by atoms with van der Waals surface area (Å²) in [5, 5.41) is 15.7. The smallest absolute Gasteiger partial charge is 0.303 e. The maximum Gasteiger partial charge on any atom is 0.303 e. The SMILES string of the molecule is CC1=NN(c2ccc(Cl)cc2)C(COc2c(F)cc(C3CC3CC(=O)O)cc2F)C1. The predicted octanol–water partition coefficient (Wildman–Crippen LogP) is 5.23. The van der Waals surface area contributed by atoms with Gasteiger partial charge in [0, 0.05) is 23.6 Å². The highest BCUT2D eigenvalue weighted by molar-refractivity contribution is 6.30. The van der Waals surface area contributed by atoms with E-state index in [0.717, 1.165) is 11.4 Å². The Morgan fingerprint density at radius 3 is 2.57 bits per heavy atom. The zero-order chi connectivity index (χ0) is 21.4. The van der Waals surface area contributed by atoms with Gasteiger partial charge < -0.3 is 9.84 Å². The second kappa shape index (κ2) is 8.22. The maximum absolute atomic E-state index is 14.6. The number of hydrogen-bond donors (Lipinski definition) is 1. The molecule has 1 N–H and O–H groups in total. The second-order valence-electron chi connectivity index (χ2n) is 7.84. The Morgan fingerprint density at radius 1 is 1.27 bits per heavy atom. The summed E-state index contributed by atoms with van der Waals surface area (Å²) in [6, 6.07) is 9.47. The lowest BCUT2D eigenvalue weighted by Gasteiger charge is -2.24. The van der Waals surface area contributed by atoms with Gasteiger partial charge in [0.05, 0.1) is 11.7 Å². The monoisotopic (exact) mass is 434 g/mol. The first-order valence-corrected chi connectivity index (χ1v) is 10.1. The number of rotatable bonds is 7. The van der Waals surface area contributed by atoms with Crippen LogP contribution in [0.2, 0.25) is 5.02 Å². The van der Waals surface area contributed by atoms with Crippen LogP contribution in [0.4, 0.5) is 14.5 Å². The largest absolute Gasteiger partial charge is 0.485 e. The third-order valence-electron chi connectivity index (χ3n) is 5.47. The Labute approximate surface area is 177 Å². The van der Waals surface area contributed by atoms with Crippen molar-refractivity contribution in [2.75, 3.05) is 11.6 Å². The molecule has 1 saturated carbocycles. The normalized spacial score (nSPS) is 22.7. The molecule has 1 aliphatic carbocycles. The van der Waals surface area contributed by atoms with E-state index in [2.05, 4.69) is 5.10 Å². The molecule has 2 aromatic rings. The summed E-state index contributed by atoms with van der Waals surface area (Å²) in [4.78, 5) is 10.8. The van der Waals surface area contributed by atoms with Gasteiger partial charge in [-0.05, 0) is 67.1 Å². The minimum Gasteiger partial charge on any atom is -0.485 e. The van der Waals surface area contributed by atoms with E-state index in [-0.39, 0.29) is 30.9 Å². The molecule has 8 heteroatoms. The van der Waals surface area contributed by atoms with Crippen LogP contribution in [0.25, 0.3) is 0 Å². The molecule has 3 atom stereocenters. The molecule has 0 radical (unpaired) electrons. The van der Waals surface area contributed by atoms with E-state index >= 15 is 0 Å². The fraction of sp³-hybridized carbons (Fsp3) is 0.364. The summed E-state index contributed by atoms with van der Waals surface area (Å²) in [5.74, 6) is -3.07. The van der Waals surface area contributed by atoms with Gasteiger partial charge >= 0.3 is 5.97 Å². The van der Waals surface area contributed by atoms with Crippen molar-refractivity contribution in [3.63, 3.8) is 0 Å². The van der Waals surface area contributed by atoms with Crippen LogP contribution in [0.3, 0.4) is 0 Å². The standard InChI is InChI=1S/C22H21ClF2N2O3/c1-12-6-17(27(26-12)16-4-2-15(23)3-5-16)11-30-22-19(24)8-14(9-20(22)25)18-7-13(18)10-21(28)29/h2-5,8-9,13,17-18H,6-7,10-11H2,1H3,(H,28,29). The third-order valence-corrected chi connectivity index (χ3v) is 5.73. The van der Waals surface area contributed by atoms with E-state index < -0.39 is 23.4 Å². The van der Waals surface area contributed by atoms with E-state index in [1.54, 1.807) is 17.1 Å². The predicted molar refractivity (Wildman–Crippen MR) is 110 cm³/mol. The Balaban J connectivity index is 1.44. The van der Waals surface area contributed by atoms with Crippen LogP contribution in [-0.4, -0.2) is 29.4 Å². The van der Waals surface area contributed by atoms with Gasteiger partial charge in [0.25, 0.3) is 0 Å². The lowest BCUT2D eigenvalue weighted by atomic mass is 10.1. The van der Waals surface area contributed by atoms with E-state index in [1.165, 1.54) is 12.1 Å². The van der Waals surface area contributed by atoms with Crippen molar-refractivity contribution < 1.29 is 23.4 Å². The summed E-state index contributed by atoms with van der Waals surface area (Å²) in [7, 11) is 0. The first kappa shape index (κ1) is 20.6. The Morgan fingerprint density at radius 2 is 1.93 bits per heavy atom. The minimum atomic E-state index is -0.900. The van der Waals surface area contributed by atoms with Gasteiger partial charge in [-0.3, -0.25) is 9.80 Å². The van der Waals surface area contributed by atoms with Gasteiger partial charge in [0.15, 0.2) is 17.4 Å². The molecule has 1 heterocycles. The van der Waals surface area contributed by atoms with Crippen molar-refractivity contribution in [1.29, 1.82) is 0 Å². The number of carboxylic acid groups (broad SMARTS) is 1. The van der Waals surface area contributed by atoms with Gasteiger partial charge in [-0.15, -0.1) is 0 Å². The molecule has 158 valence electrons. The number of hydrogen-bond acceptors (Lipinski definition) is 4. The summed E-state index contributed by atoms with van der Waals surface area (Å²) in [6.07, 6.45) is 1.25. The Bertz CT molecular complexity index is 973. The molecule has 1 aliphatic heterocycles. The number of nitrogens with zero attached hydrogens (tertiary/aromatic N) is 2. The van der Waals surface area contributed by atoms with Gasteiger partial charge in [-0.2, -0.15) is 5.10 Å². The number of benzene rings is 2. The van der Waals surface area contributed by atoms with Gasteiger partial charge in [-0.1, -0.05) is 11.6 Å². The molecular weight excluding hydrogens is 414 g/mol. The van der Waals surface area contributed by atoms with Crippen molar-refractivity contribution in [1.82, 2.24) is 0 Å². The van der Waals surface area contributed by atoms with E-state index in [1.807, 2.05) is 19.1 Å². The maximum atomic E-state index is 14.6. The molecule has 3 unspecified atom stereocenters. The molecule has 0 aromatic heterocycles. The molecule has 4 rings (SSSR count). The highest BCUT2D eigenvalue weighted by Crippen LogP contribution is 2.50. The van der Waals surface area contributed by atoms with Crippen molar-refractivity contribution >= 4 is 29.0 Å². The number of anilines is 1. The minimum absolute atomic E-state index is 0.00766. The Kier molecular flexibility index (Phi) is 5.64. The first-order chi connectivity index (χ1) is 14.3. The molecule has 5 nitrogen and oxygen atoms in total. The van der Waals surface area contributed by atoms with Gasteiger partial charge in [-0.25, -0.2) is 8.78 Å². The fourth-order valence-corrected chi connectivity index (χ4v) is 4.07. The molecule has 0 bridgehead atoms. The van der Waals surface area contributed by atoms with Crippen molar-refractivity contribution in [3.8, 4) is 5.75 Å². The van der Waals surface area contributed by atoms with Crippen molar-refractivity contribution in [2.45, 2.75) is 38.1 Å². The lowest BCUT2D eigenvalue weighted by molar-refractivity contribution is -0.137. The van der Waals surface area contributed by atoms with Crippen LogP contribution in [0.15, 0.2) is 41.5 Å². The lowest BCUT2D eigenvalue weighted by Crippen LogP contribution is -2.32. The number of hydrazone groups is 1. The quantitative estimate of drug-likeness (QED) is 0.648. The molecule has 30 heavy (non-hydrogen) atoms. The molecule has 0 spiro atoms. The number of halogens is 3. The summed E-state index contributed by atoms with van der Waals surface area (Å²) in [5.41, 5.74) is 2.19. The molecule has 0 amide bonds. The average molecular weight is 435 g/mol. The Hall–Kier alpha value is -2.67. The first-order valence-electron chi connectivity index (χ1n) is 9.74. The summed E-state index contributed by atoms with van der Waals surface area (Å²) < 4.78 is 34.7. The highest BCUT2D eigenvalue weighted by Gasteiger charge is 2.40. The van der Waals surface area contributed by atoms with Crippen molar-refractivity contribution in [3.05, 3.63) is 58.6 Å². The molecular formula is C22H21ClF2N2O3. The number of carboxylic acids is 1. The van der Waals surface area contributed by atoms with Crippen LogP contribution in [0, 0.1) is 17.6 Å². The third kappa shape index (κ3) is 4.41. The van der Waals surface area contributed by atoms with Gasteiger partial charge in [0.2, 0.25) is 0 Å². The number of ether oxygens (including phenoxy) is 1. The fourth-order valence-electron chi connectivity index (χ4n) is 3.94. The molecule has 2 aliphatic rings. The van der Waals surface area contributed by atoms with Crippen LogP contribution < -0.4 is 9.75 Å². The van der Waals surface area contributed by atoms with Crippen LogP contribution in [-0.2, 0) is 4.79 Å². The summed E-state index contributed by atoms with van der Waals surface area (Å²) in [6.45, 7) is 1.95. The van der Waals surface area contributed by atoms with E-state index in [0.29, 0.717) is 23.4 Å². The van der Waals surface area contributed by atoms with Gasteiger partial charge in [0.1, 0.15) is 6.61 Å². The zero-order valence-electron chi connectivity index (χ0n) is 16.3. The molecule has 1 fully saturated rings. The zero-order valence-corrected chi connectivity index (χ0v) is 17.1. The second-order valence-corrected chi connectivity index (χ2v) is 8.28. The van der Waals surface area contributed by atoms with E-state index in [9.17, 15) is 13.6 Å². The summed E-state index contributed by atoms with van der Waals surface area (Å²) >= 11 is 5.94. The molecule has 0 saturated heterocycles. The van der Waals surface area contributed by atoms with Crippen LogP contribution >= 0.6 is 11.6 Å². The topological polar surface area (TPSA) is 62.1 Å². The van der Waals surface area contributed by atoms with Crippen molar-refractivity contribution in [2.24, 2.45) is 11.0 Å². The number of aliphatic carboxylic acids is 1. The highest BCUT2D eigenvalue weighted by atomic mass is 35.5. The average Bonchev–Trinajstić information content (AvgIpc) is 3.33. The molecule has 2 aromatic carbocycles.